The van der Waals surface area contributed by atoms with E-state index in [-0.39, 0.29) is 11.9 Å². The van der Waals surface area contributed by atoms with Gasteiger partial charge in [-0.25, -0.2) is 4.79 Å². The molecule has 174 valence electrons. The Bertz CT molecular complexity index is 643. The fourth-order valence-electron chi connectivity index (χ4n) is 7.07. The van der Waals surface area contributed by atoms with Gasteiger partial charge in [0, 0.05) is 37.6 Å². The number of nitrogens with one attached hydrogen (secondary N) is 2. The van der Waals surface area contributed by atoms with Gasteiger partial charge >= 0.3 is 6.03 Å². The molecule has 5 fully saturated rings. The van der Waals surface area contributed by atoms with Crippen molar-refractivity contribution >= 4 is 11.9 Å². The number of hydrogen-bond acceptors (Lipinski definition) is 3. The van der Waals surface area contributed by atoms with Crippen molar-refractivity contribution in [1.29, 1.82) is 0 Å². The number of hydrogen-bond donors (Lipinski definition) is 2. The third kappa shape index (κ3) is 5.04. The number of nitrogens with zero attached hydrogens (tertiary/aromatic N) is 2. The van der Waals surface area contributed by atoms with Crippen molar-refractivity contribution in [3.8, 4) is 0 Å². The fourth-order valence-corrected chi connectivity index (χ4v) is 7.07. The maximum Gasteiger partial charge on any atom is 0.317 e. The Hall–Kier alpha value is -1.30. The zero-order valence-electron chi connectivity index (χ0n) is 19.2. The Morgan fingerprint density at radius 3 is 2.45 bits per heavy atom. The zero-order chi connectivity index (χ0) is 21.2. The molecule has 6 heteroatoms. The first kappa shape index (κ1) is 21.5. The summed E-state index contributed by atoms with van der Waals surface area (Å²) in [6.45, 7) is 4.25. The summed E-state index contributed by atoms with van der Waals surface area (Å²) in [7, 11) is 0. The Morgan fingerprint density at radius 2 is 1.68 bits per heavy atom. The van der Waals surface area contributed by atoms with Crippen LogP contribution in [0.15, 0.2) is 0 Å². The molecule has 0 aromatic carbocycles. The summed E-state index contributed by atoms with van der Waals surface area (Å²) < 4.78 is 0. The molecule has 3 heterocycles. The molecule has 6 nitrogen and oxygen atoms in total. The summed E-state index contributed by atoms with van der Waals surface area (Å²) in [4.78, 5) is 30.7. The van der Waals surface area contributed by atoms with E-state index in [0.29, 0.717) is 36.4 Å². The molecule has 0 aromatic heterocycles. The third-order valence-corrected chi connectivity index (χ3v) is 8.80. The van der Waals surface area contributed by atoms with Gasteiger partial charge in [0.25, 0.3) is 0 Å². The van der Waals surface area contributed by atoms with Gasteiger partial charge in [-0.3, -0.25) is 9.69 Å². The van der Waals surface area contributed by atoms with Crippen LogP contribution < -0.4 is 10.6 Å². The maximum absolute atomic E-state index is 13.4. The van der Waals surface area contributed by atoms with Crippen LogP contribution in [0, 0.1) is 17.8 Å². The van der Waals surface area contributed by atoms with E-state index in [9.17, 15) is 9.59 Å². The molecule has 3 saturated heterocycles. The molecule has 5 rings (SSSR count). The number of rotatable bonds is 7. The average molecular weight is 431 g/mol. The summed E-state index contributed by atoms with van der Waals surface area (Å²) in [5, 5.41) is 6.49. The van der Waals surface area contributed by atoms with Gasteiger partial charge in [-0.2, -0.15) is 0 Å². The predicted octanol–water partition coefficient (Wildman–Crippen LogP) is 3.51. The van der Waals surface area contributed by atoms with Gasteiger partial charge in [-0.1, -0.05) is 12.8 Å². The summed E-state index contributed by atoms with van der Waals surface area (Å²) in [6, 6.07) is 1.50. The van der Waals surface area contributed by atoms with Crippen molar-refractivity contribution in [3.63, 3.8) is 0 Å². The molecule has 2 aliphatic carbocycles. The Morgan fingerprint density at radius 1 is 0.903 bits per heavy atom. The van der Waals surface area contributed by atoms with E-state index in [2.05, 4.69) is 20.4 Å². The van der Waals surface area contributed by atoms with Gasteiger partial charge in [0.15, 0.2) is 0 Å². The summed E-state index contributed by atoms with van der Waals surface area (Å²) in [5.74, 6) is 2.14. The van der Waals surface area contributed by atoms with Crippen LogP contribution in [0.2, 0.25) is 0 Å². The van der Waals surface area contributed by atoms with Gasteiger partial charge in [-0.15, -0.1) is 0 Å². The largest absolute Gasteiger partial charge is 0.356 e. The van der Waals surface area contributed by atoms with Crippen molar-refractivity contribution in [2.75, 3.05) is 26.2 Å². The number of carbonyl (C=O) groups is 2. The minimum Gasteiger partial charge on any atom is -0.356 e. The summed E-state index contributed by atoms with van der Waals surface area (Å²) in [6.07, 6.45) is 14.8. The molecule has 31 heavy (non-hydrogen) atoms. The molecular weight excluding hydrogens is 388 g/mol. The van der Waals surface area contributed by atoms with Crippen LogP contribution in [-0.4, -0.2) is 66.0 Å². The van der Waals surface area contributed by atoms with E-state index in [1.165, 1.54) is 64.5 Å². The molecule has 5 aliphatic rings. The smallest absolute Gasteiger partial charge is 0.317 e. The molecule has 4 atom stereocenters. The van der Waals surface area contributed by atoms with Crippen molar-refractivity contribution in [3.05, 3.63) is 0 Å². The van der Waals surface area contributed by atoms with Crippen molar-refractivity contribution in [2.24, 2.45) is 17.8 Å². The standard InChI is InChI=1S/C25H42N4O2/c30-23(26-16-18-12-13-18)11-3-10-22-21-9-5-15-28-14-4-6-19(24(21)28)17-29(22)25(31)27-20-7-1-2-8-20/h18-22,24H,1-17H2,(H,26,30)(H,27,31)/t19-,21+,22+,24-/m0/s1. The Kier molecular flexibility index (Phi) is 6.73. The summed E-state index contributed by atoms with van der Waals surface area (Å²) in [5.41, 5.74) is 0. The molecule has 0 unspecified atom stereocenters. The number of carbonyl (C=O) groups excluding carboxylic acids is 2. The normalized spacial score (nSPS) is 33.7. The quantitative estimate of drug-likeness (QED) is 0.650. The Labute approximate surface area is 187 Å². The molecule has 0 radical (unpaired) electrons. The molecule has 3 amide bonds. The highest BCUT2D eigenvalue weighted by atomic mass is 16.2. The molecular formula is C25H42N4O2. The highest BCUT2D eigenvalue weighted by Crippen LogP contribution is 2.43. The second-order valence-electron chi connectivity index (χ2n) is 11.0. The maximum atomic E-state index is 13.4. The van der Waals surface area contributed by atoms with E-state index < -0.39 is 0 Å². The predicted molar refractivity (Wildman–Crippen MR) is 122 cm³/mol. The van der Waals surface area contributed by atoms with Gasteiger partial charge in [0.05, 0.1) is 0 Å². The van der Waals surface area contributed by atoms with Crippen LogP contribution in [0.25, 0.3) is 0 Å². The Balaban J connectivity index is 1.24. The van der Waals surface area contributed by atoms with Crippen LogP contribution >= 0.6 is 0 Å². The molecule has 0 bridgehead atoms. The van der Waals surface area contributed by atoms with E-state index in [4.69, 9.17) is 0 Å². The van der Waals surface area contributed by atoms with Gasteiger partial charge in [0.2, 0.25) is 5.91 Å². The lowest BCUT2D eigenvalue weighted by atomic mass is 9.69. The van der Waals surface area contributed by atoms with Crippen molar-refractivity contribution < 1.29 is 9.59 Å². The summed E-state index contributed by atoms with van der Waals surface area (Å²) >= 11 is 0. The minimum absolute atomic E-state index is 0.177. The molecule has 2 N–H and O–H groups in total. The molecule has 0 spiro atoms. The van der Waals surface area contributed by atoms with E-state index in [0.717, 1.165) is 44.7 Å². The molecule has 0 aromatic rings. The van der Waals surface area contributed by atoms with Crippen LogP contribution in [-0.2, 0) is 4.79 Å². The number of piperidine rings is 3. The van der Waals surface area contributed by atoms with Crippen molar-refractivity contribution in [1.82, 2.24) is 20.4 Å². The van der Waals surface area contributed by atoms with E-state index >= 15 is 0 Å². The van der Waals surface area contributed by atoms with Crippen molar-refractivity contribution in [2.45, 2.75) is 102 Å². The first-order valence-electron chi connectivity index (χ1n) is 13.3. The van der Waals surface area contributed by atoms with E-state index in [1.807, 2.05) is 0 Å². The van der Waals surface area contributed by atoms with Crippen LogP contribution in [0.1, 0.15) is 83.5 Å². The number of urea groups is 1. The van der Waals surface area contributed by atoms with Crippen LogP contribution in [0.5, 0.6) is 0 Å². The lowest BCUT2D eigenvalue weighted by Gasteiger charge is -2.57. The molecule has 3 aliphatic heterocycles. The van der Waals surface area contributed by atoms with Gasteiger partial charge < -0.3 is 15.5 Å². The SMILES string of the molecule is O=C(CCC[C@@H]1[C@H]2CCCN3CCC[C@@H](CN1C(=O)NC1CCCC1)[C@@H]23)NCC1CC1. The van der Waals surface area contributed by atoms with Crippen LogP contribution in [0.4, 0.5) is 4.79 Å². The molecule has 2 saturated carbocycles. The van der Waals surface area contributed by atoms with Crippen LogP contribution in [0.3, 0.4) is 0 Å². The number of likely N-dealkylation sites (tertiary alicyclic amines) is 1. The zero-order valence-corrected chi connectivity index (χ0v) is 19.2. The monoisotopic (exact) mass is 430 g/mol. The lowest BCUT2D eigenvalue weighted by molar-refractivity contribution is -0.121. The van der Waals surface area contributed by atoms with E-state index in [1.54, 1.807) is 0 Å². The van der Waals surface area contributed by atoms with Gasteiger partial charge in [0.1, 0.15) is 0 Å². The topological polar surface area (TPSA) is 64.7 Å². The first-order chi connectivity index (χ1) is 15.2. The highest BCUT2D eigenvalue weighted by Gasteiger charge is 2.49. The van der Waals surface area contributed by atoms with Gasteiger partial charge in [-0.05, 0) is 95.1 Å². The average Bonchev–Trinajstić information content (AvgIpc) is 3.48. The third-order valence-electron chi connectivity index (χ3n) is 8.80. The number of amides is 3. The lowest BCUT2D eigenvalue weighted by Crippen LogP contribution is -2.66. The second kappa shape index (κ2) is 9.68. The first-order valence-corrected chi connectivity index (χ1v) is 13.3. The highest BCUT2D eigenvalue weighted by molar-refractivity contribution is 5.76. The second-order valence-corrected chi connectivity index (χ2v) is 11.0. The minimum atomic E-state index is 0.177. The fraction of sp³-hybridized carbons (Fsp3) is 0.920.